The molecule has 0 radical (unpaired) electrons. The molecule has 2 rings (SSSR count). The Morgan fingerprint density at radius 1 is 1.42 bits per heavy atom. The second-order valence-corrected chi connectivity index (χ2v) is 5.14. The van der Waals surface area contributed by atoms with Crippen LogP contribution in [0.1, 0.15) is 37.4 Å². The summed E-state index contributed by atoms with van der Waals surface area (Å²) >= 11 is 0. The zero-order valence-corrected chi connectivity index (χ0v) is 11.1. The van der Waals surface area contributed by atoms with Gasteiger partial charge in [-0.3, -0.25) is 9.58 Å². The SMILES string of the molecule is NCCN(Cc1ccn(C2CCCC2)n1)CC(F)F. The third-order valence-corrected chi connectivity index (χ3v) is 3.59. The van der Waals surface area contributed by atoms with Gasteiger partial charge in [0.1, 0.15) is 0 Å². The molecule has 6 heteroatoms. The molecule has 1 aliphatic rings. The summed E-state index contributed by atoms with van der Waals surface area (Å²) in [5.74, 6) is 0. The molecular formula is C13H22F2N4. The van der Waals surface area contributed by atoms with Crippen LogP contribution in [0.5, 0.6) is 0 Å². The van der Waals surface area contributed by atoms with Crippen molar-refractivity contribution in [3.63, 3.8) is 0 Å². The van der Waals surface area contributed by atoms with Crippen LogP contribution in [0.15, 0.2) is 12.3 Å². The van der Waals surface area contributed by atoms with E-state index in [0.29, 0.717) is 25.7 Å². The van der Waals surface area contributed by atoms with Gasteiger partial charge in [0, 0.05) is 25.8 Å². The second-order valence-electron chi connectivity index (χ2n) is 5.14. The summed E-state index contributed by atoms with van der Waals surface area (Å²) in [6, 6.07) is 2.42. The van der Waals surface area contributed by atoms with Gasteiger partial charge in [-0.05, 0) is 18.9 Å². The first-order valence-electron chi connectivity index (χ1n) is 6.93. The summed E-state index contributed by atoms with van der Waals surface area (Å²) < 4.78 is 26.9. The molecule has 0 aliphatic heterocycles. The largest absolute Gasteiger partial charge is 0.329 e. The summed E-state index contributed by atoms with van der Waals surface area (Å²) in [7, 11) is 0. The molecule has 2 N–H and O–H groups in total. The van der Waals surface area contributed by atoms with Crippen molar-refractivity contribution in [2.45, 2.75) is 44.7 Å². The highest BCUT2D eigenvalue weighted by molar-refractivity contribution is 5.00. The average molecular weight is 272 g/mol. The molecule has 0 aromatic carbocycles. The minimum absolute atomic E-state index is 0.243. The normalized spacial score (nSPS) is 16.9. The van der Waals surface area contributed by atoms with Gasteiger partial charge < -0.3 is 5.73 Å². The van der Waals surface area contributed by atoms with E-state index in [4.69, 9.17) is 5.73 Å². The molecule has 0 atom stereocenters. The number of hydrogen-bond donors (Lipinski definition) is 1. The van der Waals surface area contributed by atoms with E-state index in [1.165, 1.54) is 25.7 Å². The highest BCUT2D eigenvalue weighted by Gasteiger charge is 2.18. The highest BCUT2D eigenvalue weighted by atomic mass is 19.3. The molecule has 0 bridgehead atoms. The Kier molecular flexibility index (Phi) is 5.27. The molecule has 0 unspecified atom stereocenters. The van der Waals surface area contributed by atoms with Gasteiger partial charge in [-0.2, -0.15) is 5.10 Å². The van der Waals surface area contributed by atoms with Gasteiger partial charge in [-0.1, -0.05) is 12.8 Å². The zero-order valence-electron chi connectivity index (χ0n) is 11.1. The van der Waals surface area contributed by atoms with Crippen molar-refractivity contribution in [3.05, 3.63) is 18.0 Å². The molecule has 1 saturated carbocycles. The number of halogens is 2. The first kappa shape index (κ1) is 14.4. The monoisotopic (exact) mass is 272 g/mol. The third-order valence-electron chi connectivity index (χ3n) is 3.59. The maximum absolute atomic E-state index is 12.5. The molecule has 19 heavy (non-hydrogen) atoms. The predicted octanol–water partition coefficient (Wildman–Crippen LogP) is 2.02. The summed E-state index contributed by atoms with van der Waals surface area (Å²) in [6.07, 6.45) is 4.49. The lowest BCUT2D eigenvalue weighted by molar-refractivity contribution is 0.0855. The first-order chi connectivity index (χ1) is 9.19. The summed E-state index contributed by atoms with van der Waals surface area (Å²) in [5.41, 5.74) is 6.30. The van der Waals surface area contributed by atoms with Gasteiger partial charge in [0.2, 0.25) is 0 Å². The maximum Gasteiger partial charge on any atom is 0.251 e. The van der Waals surface area contributed by atoms with Gasteiger partial charge in [0.05, 0.1) is 18.3 Å². The minimum atomic E-state index is -2.33. The van der Waals surface area contributed by atoms with Gasteiger partial charge >= 0.3 is 0 Å². The van der Waals surface area contributed by atoms with Crippen molar-refractivity contribution < 1.29 is 8.78 Å². The number of aromatic nitrogens is 2. The summed E-state index contributed by atoms with van der Waals surface area (Å²) in [5, 5.41) is 4.51. The van der Waals surface area contributed by atoms with E-state index in [-0.39, 0.29) is 6.54 Å². The lowest BCUT2D eigenvalue weighted by Crippen LogP contribution is -2.33. The lowest BCUT2D eigenvalue weighted by Gasteiger charge is -2.19. The molecule has 1 heterocycles. The van der Waals surface area contributed by atoms with Gasteiger partial charge in [-0.25, -0.2) is 8.78 Å². The molecule has 0 spiro atoms. The van der Waals surface area contributed by atoms with Crippen LogP contribution in [0.4, 0.5) is 8.78 Å². The summed E-state index contributed by atoms with van der Waals surface area (Å²) in [4.78, 5) is 1.66. The minimum Gasteiger partial charge on any atom is -0.329 e. The number of hydrogen-bond acceptors (Lipinski definition) is 3. The van der Waals surface area contributed by atoms with E-state index in [9.17, 15) is 8.78 Å². The third kappa shape index (κ3) is 4.24. The Hall–Kier alpha value is -1.01. The van der Waals surface area contributed by atoms with Gasteiger partial charge in [-0.15, -0.1) is 0 Å². The Labute approximate surface area is 112 Å². The van der Waals surface area contributed by atoms with Gasteiger partial charge in [0.25, 0.3) is 6.43 Å². The van der Waals surface area contributed by atoms with E-state index < -0.39 is 6.43 Å². The van der Waals surface area contributed by atoms with Crippen LogP contribution >= 0.6 is 0 Å². The molecule has 4 nitrogen and oxygen atoms in total. The van der Waals surface area contributed by atoms with Crippen molar-refractivity contribution >= 4 is 0 Å². The lowest BCUT2D eigenvalue weighted by atomic mass is 10.3. The molecule has 1 aromatic heterocycles. The Morgan fingerprint density at radius 2 is 2.16 bits per heavy atom. The number of nitrogens with two attached hydrogens (primary N) is 1. The van der Waals surface area contributed by atoms with E-state index in [1.807, 2.05) is 16.9 Å². The molecule has 108 valence electrons. The van der Waals surface area contributed by atoms with Crippen LogP contribution in [0.25, 0.3) is 0 Å². The fraction of sp³-hybridized carbons (Fsp3) is 0.769. The Bertz CT molecular complexity index is 374. The standard InChI is InChI=1S/C13H22F2N4/c14-13(15)10-18(8-6-16)9-11-5-7-19(17-11)12-3-1-2-4-12/h5,7,12-13H,1-4,6,8-10,16H2. The van der Waals surface area contributed by atoms with Crippen LogP contribution in [-0.2, 0) is 6.54 Å². The number of nitrogens with zero attached hydrogens (tertiary/aromatic N) is 3. The van der Waals surface area contributed by atoms with Crippen molar-refractivity contribution in [2.24, 2.45) is 5.73 Å². The van der Waals surface area contributed by atoms with E-state index in [2.05, 4.69) is 5.10 Å². The fourth-order valence-corrected chi connectivity index (χ4v) is 2.68. The van der Waals surface area contributed by atoms with Crippen molar-refractivity contribution in [1.82, 2.24) is 14.7 Å². The Morgan fingerprint density at radius 3 is 2.79 bits per heavy atom. The van der Waals surface area contributed by atoms with E-state index in [0.717, 1.165) is 5.69 Å². The molecule has 0 saturated heterocycles. The topological polar surface area (TPSA) is 47.1 Å². The quantitative estimate of drug-likeness (QED) is 0.826. The van der Waals surface area contributed by atoms with Gasteiger partial charge in [0.15, 0.2) is 0 Å². The van der Waals surface area contributed by atoms with Crippen LogP contribution in [-0.4, -0.2) is 40.7 Å². The number of alkyl halides is 2. The second kappa shape index (κ2) is 6.96. The summed E-state index contributed by atoms with van der Waals surface area (Å²) in [6.45, 7) is 1.06. The Balaban J connectivity index is 1.92. The fourth-order valence-electron chi connectivity index (χ4n) is 2.68. The average Bonchev–Trinajstić information content (AvgIpc) is 2.97. The maximum atomic E-state index is 12.5. The van der Waals surface area contributed by atoms with E-state index in [1.54, 1.807) is 4.90 Å². The van der Waals surface area contributed by atoms with Crippen molar-refractivity contribution in [1.29, 1.82) is 0 Å². The van der Waals surface area contributed by atoms with Crippen LogP contribution in [0, 0.1) is 0 Å². The van der Waals surface area contributed by atoms with E-state index >= 15 is 0 Å². The molecule has 0 amide bonds. The molecule has 1 aromatic rings. The smallest absolute Gasteiger partial charge is 0.251 e. The van der Waals surface area contributed by atoms with Crippen LogP contribution < -0.4 is 5.73 Å². The van der Waals surface area contributed by atoms with Crippen LogP contribution in [0.2, 0.25) is 0 Å². The highest BCUT2D eigenvalue weighted by Crippen LogP contribution is 2.28. The molecule has 1 aliphatic carbocycles. The van der Waals surface area contributed by atoms with Crippen molar-refractivity contribution in [2.75, 3.05) is 19.6 Å². The molecule has 1 fully saturated rings. The zero-order chi connectivity index (χ0) is 13.7. The van der Waals surface area contributed by atoms with Crippen LogP contribution in [0.3, 0.4) is 0 Å². The predicted molar refractivity (Wildman–Crippen MR) is 70.1 cm³/mol. The number of rotatable bonds is 7. The first-order valence-corrected chi connectivity index (χ1v) is 6.93. The van der Waals surface area contributed by atoms with Crippen molar-refractivity contribution in [3.8, 4) is 0 Å². The molecular weight excluding hydrogens is 250 g/mol.